The lowest BCUT2D eigenvalue weighted by Crippen LogP contribution is -2.52. The van der Waals surface area contributed by atoms with Crippen molar-refractivity contribution in [3.63, 3.8) is 0 Å². The van der Waals surface area contributed by atoms with Crippen molar-refractivity contribution >= 4 is 13.5 Å². The van der Waals surface area contributed by atoms with Gasteiger partial charge in [0.15, 0.2) is 0 Å². The van der Waals surface area contributed by atoms with Gasteiger partial charge in [-0.1, -0.05) is 0 Å². The van der Waals surface area contributed by atoms with Crippen molar-refractivity contribution in [2.45, 2.75) is 12.1 Å². The SMILES string of the molecule is N=C1P(N)CCC1(N)N. The highest BCUT2D eigenvalue weighted by Crippen LogP contribution is 2.39. The van der Waals surface area contributed by atoms with Gasteiger partial charge in [0, 0.05) is 8.07 Å². The number of hydrogen-bond donors (Lipinski definition) is 4. The molecule has 1 fully saturated rings. The van der Waals surface area contributed by atoms with E-state index in [2.05, 4.69) is 0 Å². The molecule has 0 aromatic carbocycles. The van der Waals surface area contributed by atoms with Gasteiger partial charge in [0.25, 0.3) is 0 Å². The largest absolute Gasteiger partial charge is 0.308 e. The van der Waals surface area contributed by atoms with E-state index in [4.69, 9.17) is 22.4 Å². The van der Waals surface area contributed by atoms with Crippen LogP contribution in [0.2, 0.25) is 0 Å². The van der Waals surface area contributed by atoms with Crippen molar-refractivity contribution < 1.29 is 0 Å². The second-order valence-electron chi connectivity index (χ2n) is 2.33. The molecule has 0 amide bonds. The van der Waals surface area contributed by atoms with Crippen molar-refractivity contribution in [3.05, 3.63) is 0 Å². The van der Waals surface area contributed by atoms with Gasteiger partial charge in [0.1, 0.15) is 5.66 Å². The summed E-state index contributed by atoms with van der Waals surface area (Å²) >= 11 is 0. The fourth-order valence-electron chi connectivity index (χ4n) is 0.803. The Kier molecular flexibility index (Phi) is 1.57. The van der Waals surface area contributed by atoms with E-state index < -0.39 is 13.7 Å². The van der Waals surface area contributed by atoms with Gasteiger partial charge in [-0.25, -0.2) is 0 Å². The smallest absolute Gasteiger partial charge is 0.109 e. The second-order valence-corrected chi connectivity index (χ2v) is 4.17. The Morgan fingerprint density at radius 3 is 2.22 bits per heavy atom. The van der Waals surface area contributed by atoms with Crippen LogP contribution in [0.1, 0.15) is 6.42 Å². The summed E-state index contributed by atoms with van der Waals surface area (Å²) in [5.74, 6) is 0. The minimum absolute atomic E-state index is 0.345. The molecule has 0 saturated carbocycles. The zero-order valence-electron chi connectivity index (χ0n) is 5.09. The van der Waals surface area contributed by atoms with Gasteiger partial charge in [0.2, 0.25) is 0 Å². The summed E-state index contributed by atoms with van der Waals surface area (Å²) in [5.41, 5.74) is 16.0. The van der Waals surface area contributed by atoms with E-state index in [9.17, 15) is 0 Å². The average Bonchev–Trinajstić information content (AvgIpc) is 1.97. The maximum atomic E-state index is 7.31. The summed E-state index contributed by atoms with van der Waals surface area (Å²) in [6.45, 7) is 0. The van der Waals surface area contributed by atoms with Crippen LogP contribution in [-0.4, -0.2) is 17.3 Å². The van der Waals surface area contributed by atoms with Crippen LogP contribution in [0.5, 0.6) is 0 Å². The molecule has 0 aromatic heterocycles. The van der Waals surface area contributed by atoms with E-state index in [1.165, 1.54) is 0 Å². The van der Waals surface area contributed by atoms with Gasteiger partial charge in [-0.15, -0.1) is 0 Å². The third kappa shape index (κ3) is 1.12. The Morgan fingerprint density at radius 1 is 1.56 bits per heavy atom. The third-order valence-electron chi connectivity index (χ3n) is 1.49. The van der Waals surface area contributed by atoms with Crippen LogP contribution in [0.15, 0.2) is 0 Å². The summed E-state index contributed by atoms with van der Waals surface area (Å²) in [4.78, 5) is 0. The minimum atomic E-state index is -0.888. The van der Waals surface area contributed by atoms with E-state index in [-0.39, 0.29) is 0 Å². The molecule has 1 aliphatic rings. The van der Waals surface area contributed by atoms with Crippen LogP contribution in [0.3, 0.4) is 0 Å². The lowest BCUT2D eigenvalue weighted by molar-refractivity contribution is 0.593. The molecule has 1 saturated heterocycles. The third-order valence-corrected chi connectivity index (χ3v) is 3.19. The molecular weight excluding hydrogens is 135 g/mol. The molecule has 0 radical (unpaired) electrons. The lowest BCUT2D eigenvalue weighted by atomic mass is 10.2. The maximum Gasteiger partial charge on any atom is 0.109 e. The monoisotopic (exact) mass is 146 g/mol. The van der Waals surface area contributed by atoms with E-state index >= 15 is 0 Å². The molecule has 7 N–H and O–H groups in total. The second kappa shape index (κ2) is 1.99. The summed E-state index contributed by atoms with van der Waals surface area (Å²) < 4.78 is 0. The van der Waals surface area contributed by atoms with Crippen molar-refractivity contribution in [2.24, 2.45) is 17.0 Å². The molecule has 0 aliphatic carbocycles. The molecular formula is C4H11N4P. The average molecular weight is 146 g/mol. The summed E-state index contributed by atoms with van der Waals surface area (Å²) in [6.07, 6.45) is 1.47. The summed E-state index contributed by atoms with van der Waals surface area (Å²) in [5, 5.41) is 7.31. The molecule has 52 valence electrons. The molecule has 4 nitrogen and oxygen atoms in total. The highest BCUT2D eigenvalue weighted by atomic mass is 31.1. The van der Waals surface area contributed by atoms with Gasteiger partial charge in [-0.05, 0) is 12.6 Å². The van der Waals surface area contributed by atoms with Crippen molar-refractivity contribution in [3.8, 4) is 0 Å². The van der Waals surface area contributed by atoms with E-state index in [0.717, 1.165) is 6.16 Å². The standard InChI is InChI=1S/C4H11N4P/c5-3-4(6,7)1-2-9(3)8/h5H,1-2,6-8H2. The molecule has 0 bridgehead atoms. The van der Waals surface area contributed by atoms with Gasteiger partial charge >= 0.3 is 0 Å². The minimum Gasteiger partial charge on any atom is -0.308 e. The first-order valence-corrected chi connectivity index (χ1v) is 4.33. The maximum absolute atomic E-state index is 7.31. The molecule has 9 heavy (non-hydrogen) atoms. The zero-order valence-corrected chi connectivity index (χ0v) is 5.99. The fraction of sp³-hybridized carbons (Fsp3) is 0.750. The lowest BCUT2D eigenvalue weighted by Gasteiger charge is -2.16. The van der Waals surface area contributed by atoms with Crippen LogP contribution in [0, 0.1) is 5.41 Å². The van der Waals surface area contributed by atoms with Gasteiger partial charge in [-0.3, -0.25) is 0 Å². The van der Waals surface area contributed by atoms with Crippen molar-refractivity contribution in [1.82, 2.24) is 0 Å². The summed E-state index contributed by atoms with van der Waals surface area (Å²) in [6, 6.07) is 0. The molecule has 5 heteroatoms. The van der Waals surface area contributed by atoms with Crippen molar-refractivity contribution in [1.29, 1.82) is 5.41 Å². The van der Waals surface area contributed by atoms with Gasteiger partial charge in [0.05, 0.1) is 5.45 Å². The Morgan fingerprint density at radius 2 is 2.11 bits per heavy atom. The topological polar surface area (TPSA) is 102 Å². The van der Waals surface area contributed by atoms with Gasteiger partial charge in [-0.2, -0.15) is 0 Å². The van der Waals surface area contributed by atoms with Crippen LogP contribution in [0.25, 0.3) is 0 Å². The molecule has 1 atom stereocenters. The van der Waals surface area contributed by atoms with Crippen molar-refractivity contribution in [2.75, 3.05) is 6.16 Å². The fourth-order valence-corrected chi connectivity index (χ4v) is 2.28. The first kappa shape index (κ1) is 7.09. The van der Waals surface area contributed by atoms with E-state index in [1.807, 2.05) is 0 Å². The Labute approximate surface area is 55.1 Å². The van der Waals surface area contributed by atoms with Crippen LogP contribution < -0.4 is 17.0 Å². The molecule has 1 rings (SSSR count). The summed E-state index contributed by atoms with van der Waals surface area (Å²) in [7, 11) is -0.781. The highest BCUT2D eigenvalue weighted by molar-refractivity contribution is 7.73. The van der Waals surface area contributed by atoms with E-state index in [0.29, 0.717) is 11.9 Å². The van der Waals surface area contributed by atoms with E-state index in [1.54, 1.807) is 0 Å². The number of nitrogens with one attached hydrogen (secondary N) is 1. The Balaban J connectivity index is 2.74. The van der Waals surface area contributed by atoms with Crippen LogP contribution >= 0.6 is 8.07 Å². The zero-order chi connectivity index (χ0) is 7.07. The molecule has 1 unspecified atom stereocenters. The van der Waals surface area contributed by atoms with Crippen LogP contribution in [0.4, 0.5) is 0 Å². The predicted octanol–water partition coefficient (Wildman–Crippen LogP) is -0.663. The number of rotatable bonds is 0. The normalized spacial score (nSPS) is 33.2. The molecule has 1 aliphatic heterocycles. The molecule has 0 spiro atoms. The Bertz CT molecular complexity index is 144. The number of hydrogen-bond acceptors (Lipinski definition) is 4. The first-order chi connectivity index (χ1) is 4.04. The Hall–Kier alpha value is -0.0200. The predicted molar refractivity (Wildman–Crippen MR) is 39.4 cm³/mol. The first-order valence-electron chi connectivity index (χ1n) is 2.73. The van der Waals surface area contributed by atoms with Crippen LogP contribution in [-0.2, 0) is 0 Å². The number of nitrogens with two attached hydrogens (primary N) is 3. The molecule has 0 aromatic rings. The highest BCUT2D eigenvalue weighted by Gasteiger charge is 2.36. The quantitative estimate of drug-likeness (QED) is 0.269. The molecule has 1 heterocycles. The van der Waals surface area contributed by atoms with Gasteiger partial charge < -0.3 is 22.4 Å².